The summed E-state index contributed by atoms with van der Waals surface area (Å²) >= 11 is 2.87. The van der Waals surface area contributed by atoms with E-state index in [-0.39, 0.29) is 4.47 Å². The molecule has 0 spiro atoms. The molecular weight excluding hydrogens is 347 g/mol. The molecular formula is C10H7BrF7N. The summed E-state index contributed by atoms with van der Waals surface area (Å²) in [5.41, 5.74) is -1.90. The molecule has 0 bridgehead atoms. The second kappa shape index (κ2) is 5.56. The van der Waals surface area contributed by atoms with E-state index >= 15 is 0 Å². The predicted octanol–water partition coefficient (Wildman–Crippen LogP) is 4.78. The molecule has 1 aromatic carbocycles. The molecule has 0 aliphatic heterocycles. The first-order valence-corrected chi connectivity index (χ1v) is 5.60. The lowest BCUT2D eigenvalue weighted by atomic mass is 10.1. The number of hydrogen-bond donors (Lipinski definition) is 1. The van der Waals surface area contributed by atoms with Gasteiger partial charge in [-0.25, -0.2) is 8.78 Å². The molecule has 108 valence electrons. The molecule has 9 heteroatoms. The van der Waals surface area contributed by atoms with E-state index < -0.39 is 36.3 Å². The van der Waals surface area contributed by atoms with Gasteiger partial charge in [-0.1, -0.05) is 15.9 Å². The summed E-state index contributed by atoms with van der Waals surface area (Å²) in [4.78, 5) is 0. The van der Waals surface area contributed by atoms with Crippen LogP contribution in [0.25, 0.3) is 0 Å². The molecule has 0 atom stereocenters. The van der Waals surface area contributed by atoms with Gasteiger partial charge in [-0.05, 0) is 18.2 Å². The Hall–Kier alpha value is -0.990. The highest BCUT2D eigenvalue weighted by atomic mass is 79.9. The van der Waals surface area contributed by atoms with Crippen molar-refractivity contribution in [2.75, 3.05) is 11.9 Å². The Kier molecular flexibility index (Phi) is 4.70. The zero-order valence-electron chi connectivity index (χ0n) is 9.04. The van der Waals surface area contributed by atoms with Gasteiger partial charge in [-0.2, -0.15) is 22.0 Å². The molecule has 0 fully saturated rings. The molecule has 0 heterocycles. The Morgan fingerprint density at radius 3 is 2.16 bits per heavy atom. The van der Waals surface area contributed by atoms with Crippen LogP contribution in [0.2, 0.25) is 0 Å². The SMILES string of the molecule is FC(F)C(F)(F)CNc1cc(Br)ccc1C(F)(F)F. The first kappa shape index (κ1) is 16.1. The predicted molar refractivity (Wildman–Crippen MR) is 58.6 cm³/mol. The van der Waals surface area contributed by atoms with Crippen molar-refractivity contribution in [1.82, 2.24) is 0 Å². The fourth-order valence-corrected chi connectivity index (χ4v) is 1.56. The van der Waals surface area contributed by atoms with Crippen LogP contribution in [-0.2, 0) is 6.18 Å². The van der Waals surface area contributed by atoms with Gasteiger partial charge in [0, 0.05) is 10.2 Å². The fourth-order valence-electron chi connectivity index (χ4n) is 1.20. The monoisotopic (exact) mass is 353 g/mol. The van der Waals surface area contributed by atoms with Crippen LogP contribution in [0.3, 0.4) is 0 Å². The van der Waals surface area contributed by atoms with Crippen LogP contribution in [0.5, 0.6) is 0 Å². The second-order valence-electron chi connectivity index (χ2n) is 3.60. The summed E-state index contributed by atoms with van der Waals surface area (Å²) in [5.74, 6) is -4.41. The number of rotatable bonds is 4. The number of halogens is 8. The van der Waals surface area contributed by atoms with Crippen molar-refractivity contribution in [3.05, 3.63) is 28.2 Å². The summed E-state index contributed by atoms with van der Waals surface area (Å²) in [6, 6.07) is 2.62. The van der Waals surface area contributed by atoms with Crippen LogP contribution < -0.4 is 5.32 Å². The minimum Gasteiger partial charge on any atom is -0.378 e. The van der Waals surface area contributed by atoms with Gasteiger partial charge in [0.2, 0.25) is 0 Å². The van der Waals surface area contributed by atoms with Gasteiger partial charge in [0.25, 0.3) is 0 Å². The van der Waals surface area contributed by atoms with Gasteiger partial charge in [-0.3, -0.25) is 0 Å². The van der Waals surface area contributed by atoms with Gasteiger partial charge in [0.1, 0.15) is 0 Å². The standard InChI is InChI=1S/C10H7BrF7N/c11-5-1-2-6(10(16,17)18)7(3-5)19-4-9(14,15)8(12)13/h1-3,8,19H,4H2. The van der Waals surface area contributed by atoms with E-state index in [0.29, 0.717) is 6.07 Å². The lowest BCUT2D eigenvalue weighted by molar-refractivity contribution is -0.137. The highest BCUT2D eigenvalue weighted by Crippen LogP contribution is 2.36. The number of alkyl halides is 7. The first-order valence-electron chi connectivity index (χ1n) is 4.80. The van der Waals surface area contributed by atoms with Crippen LogP contribution in [0.4, 0.5) is 36.4 Å². The number of hydrogen-bond acceptors (Lipinski definition) is 1. The zero-order valence-corrected chi connectivity index (χ0v) is 10.6. The van der Waals surface area contributed by atoms with Crippen LogP contribution in [0, 0.1) is 0 Å². The first-order chi connectivity index (χ1) is 8.54. The van der Waals surface area contributed by atoms with Gasteiger partial charge >= 0.3 is 18.5 Å². The molecule has 19 heavy (non-hydrogen) atoms. The second-order valence-corrected chi connectivity index (χ2v) is 4.52. The molecule has 0 aromatic heterocycles. The Labute approximate surface area is 111 Å². The topological polar surface area (TPSA) is 12.0 Å². The van der Waals surface area contributed by atoms with E-state index in [9.17, 15) is 30.7 Å². The third-order valence-corrected chi connectivity index (χ3v) is 2.61. The lowest BCUT2D eigenvalue weighted by Gasteiger charge is -2.19. The summed E-state index contributed by atoms with van der Waals surface area (Å²) in [5, 5.41) is 1.70. The molecule has 0 unspecified atom stereocenters. The third kappa shape index (κ3) is 4.26. The molecule has 1 nitrogen and oxygen atoms in total. The minimum absolute atomic E-state index is 0.198. The molecule has 1 rings (SSSR count). The molecule has 1 aromatic rings. The number of anilines is 1. The number of benzene rings is 1. The van der Waals surface area contributed by atoms with Gasteiger partial charge in [0.05, 0.1) is 12.1 Å². The van der Waals surface area contributed by atoms with Crippen molar-refractivity contribution in [2.24, 2.45) is 0 Å². The van der Waals surface area contributed by atoms with Crippen LogP contribution >= 0.6 is 15.9 Å². The van der Waals surface area contributed by atoms with Crippen LogP contribution in [0.1, 0.15) is 5.56 Å². The van der Waals surface area contributed by atoms with E-state index in [1.807, 2.05) is 0 Å². The van der Waals surface area contributed by atoms with E-state index in [2.05, 4.69) is 15.9 Å². The summed E-state index contributed by atoms with van der Waals surface area (Å²) in [6.07, 6.45) is -8.73. The molecule has 0 radical (unpaired) electrons. The van der Waals surface area contributed by atoms with Gasteiger partial charge < -0.3 is 5.32 Å². The average molecular weight is 354 g/mol. The maximum Gasteiger partial charge on any atom is 0.418 e. The van der Waals surface area contributed by atoms with E-state index in [1.54, 1.807) is 5.32 Å². The Bertz CT molecular complexity index is 444. The summed E-state index contributed by atoms with van der Waals surface area (Å²) in [6.45, 7) is -1.59. The maximum absolute atomic E-state index is 12.7. The van der Waals surface area contributed by atoms with Crippen molar-refractivity contribution < 1.29 is 30.7 Å². The van der Waals surface area contributed by atoms with E-state index in [0.717, 1.165) is 12.1 Å². The normalized spacial score (nSPS) is 12.9. The molecule has 0 amide bonds. The van der Waals surface area contributed by atoms with Crippen molar-refractivity contribution in [1.29, 1.82) is 0 Å². The molecule has 0 aliphatic carbocycles. The van der Waals surface area contributed by atoms with E-state index in [1.165, 1.54) is 0 Å². The zero-order chi connectivity index (χ0) is 14.8. The highest BCUT2D eigenvalue weighted by molar-refractivity contribution is 9.10. The largest absolute Gasteiger partial charge is 0.418 e. The lowest BCUT2D eigenvalue weighted by Crippen LogP contribution is -2.35. The van der Waals surface area contributed by atoms with Gasteiger partial charge in [0.15, 0.2) is 0 Å². The third-order valence-electron chi connectivity index (χ3n) is 2.12. The van der Waals surface area contributed by atoms with Crippen molar-refractivity contribution in [3.63, 3.8) is 0 Å². The molecule has 0 saturated carbocycles. The van der Waals surface area contributed by atoms with Crippen LogP contribution in [0.15, 0.2) is 22.7 Å². The Morgan fingerprint density at radius 2 is 1.68 bits per heavy atom. The minimum atomic E-state index is -4.77. The van der Waals surface area contributed by atoms with Crippen LogP contribution in [-0.4, -0.2) is 18.9 Å². The Balaban J connectivity index is 2.98. The smallest absolute Gasteiger partial charge is 0.378 e. The van der Waals surface area contributed by atoms with Gasteiger partial charge in [-0.15, -0.1) is 0 Å². The summed E-state index contributed by atoms with van der Waals surface area (Å²) < 4.78 is 87.0. The quantitative estimate of drug-likeness (QED) is 0.768. The summed E-state index contributed by atoms with van der Waals surface area (Å²) in [7, 11) is 0. The fraction of sp³-hybridized carbons (Fsp3) is 0.400. The maximum atomic E-state index is 12.7. The van der Waals surface area contributed by atoms with Crippen molar-refractivity contribution in [2.45, 2.75) is 18.5 Å². The highest BCUT2D eigenvalue weighted by Gasteiger charge is 2.41. The molecule has 1 N–H and O–H groups in total. The van der Waals surface area contributed by atoms with Crippen molar-refractivity contribution >= 4 is 21.6 Å². The van der Waals surface area contributed by atoms with Crippen molar-refractivity contribution in [3.8, 4) is 0 Å². The number of nitrogens with one attached hydrogen (secondary N) is 1. The average Bonchev–Trinajstić information content (AvgIpc) is 2.24. The molecule has 0 aliphatic rings. The molecule has 0 saturated heterocycles. The Morgan fingerprint density at radius 1 is 1.11 bits per heavy atom. The van der Waals surface area contributed by atoms with E-state index in [4.69, 9.17) is 0 Å².